The summed E-state index contributed by atoms with van der Waals surface area (Å²) in [5.41, 5.74) is -0.790. The number of halogens is 3. The second-order valence-electron chi connectivity index (χ2n) is 9.93. The molecule has 2 aliphatic heterocycles. The summed E-state index contributed by atoms with van der Waals surface area (Å²) >= 11 is 0. The van der Waals surface area contributed by atoms with Crippen LogP contribution in [0.25, 0.3) is 0 Å². The van der Waals surface area contributed by atoms with Crippen LogP contribution in [0.15, 0.2) is 0 Å². The highest BCUT2D eigenvalue weighted by Crippen LogP contribution is 2.37. The van der Waals surface area contributed by atoms with Crippen molar-refractivity contribution in [2.75, 3.05) is 39.5 Å². The summed E-state index contributed by atoms with van der Waals surface area (Å²) in [5.74, 6) is -0.357. The van der Waals surface area contributed by atoms with Gasteiger partial charge in [-0.05, 0) is 46.0 Å². The third-order valence-electron chi connectivity index (χ3n) is 6.16. The van der Waals surface area contributed by atoms with Gasteiger partial charge in [0, 0.05) is 45.8 Å². The van der Waals surface area contributed by atoms with E-state index in [1.54, 1.807) is 20.8 Å². The highest BCUT2D eigenvalue weighted by atomic mass is 32.2. The maximum atomic E-state index is 13.6. The second-order valence-corrected chi connectivity index (χ2v) is 12.2. The van der Waals surface area contributed by atoms with Crippen molar-refractivity contribution in [3.63, 3.8) is 0 Å². The van der Waals surface area contributed by atoms with Crippen LogP contribution in [0, 0.1) is 5.92 Å². The van der Waals surface area contributed by atoms with Gasteiger partial charge in [-0.2, -0.15) is 13.2 Å². The second kappa shape index (κ2) is 11.7. The number of carbonyl (C=O) groups is 1. The van der Waals surface area contributed by atoms with Crippen molar-refractivity contribution in [2.45, 2.75) is 88.7 Å². The number of rotatable bonds is 10. The van der Waals surface area contributed by atoms with Gasteiger partial charge < -0.3 is 14.2 Å². The Morgan fingerprint density at radius 3 is 2.21 bits per heavy atom. The van der Waals surface area contributed by atoms with Crippen LogP contribution in [-0.4, -0.2) is 74.7 Å². The minimum atomic E-state index is -4.19. The van der Waals surface area contributed by atoms with Crippen molar-refractivity contribution in [1.82, 2.24) is 4.31 Å². The smallest absolute Gasteiger partial charge is 0.391 e. The van der Waals surface area contributed by atoms with E-state index in [-0.39, 0.29) is 32.7 Å². The average Bonchev–Trinajstić information content (AvgIpc) is 2.71. The largest absolute Gasteiger partial charge is 0.459 e. The summed E-state index contributed by atoms with van der Waals surface area (Å²) in [4.78, 5) is 13.0. The summed E-state index contributed by atoms with van der Waals surface area (Å²) in [7, 11) is -3.92. The number of hydrogen-bond acceptors (Lipinski definition) is 6. The van der Waals surface area contributed by atoms with Crippen LogP contribution in [0.4, 0.5) is 13.2 Å². The first-order valence-electron chi connectivity index (χ1n) is 11.7. The molecule has 0 saturated carbocycles. The number of sulfonamides is 1. The molecule has 0 unspecified atom stereocenters. The topological polar surface area (TPSA) is 82.1 Å². The van der Waals surface area contributed by atoms with E-state index in [0.717, 1.165) is 12.8 Å². The lowest BCUT2D eigenvalue weighted by Gasteiger charge is -2.41. The molecule has 33 heavy (non-hydrogen) atoms. The van der Waals surface area contributed by atoms with E-state index in [1.165, 1.54) is 4.31 Å². The van der Waals surface area contributed by atoms with Gasteiger partial charge in [-0.15, -0.1) is 0 Å². The predicted octanol–water partition coefficient (Wildman–Crippen LogP) is 4.06. The lowest BCUT2D eigenvalue weighted by Crippen LogP contribution is -2.59. The SMILES string of the molecule is CC(C)(C)OC(=O)C1(S(=O)(=O)N2CCC(CCCCOCCC(F)(F)F)CC2)CCOCC1. The lowest BCUT2D eigenvalue weighted by atomic mass is 9.92. The van der Waals surface area contributed by atoms with Crippen LogP contribution in [-0.2, 0) is 29.0 Å². The molecule has 2 heterocycles. The fourth-order valence-corrected chi connectivity index (χ4v) is 6.37. The molecule has 0 radical (unpaired) electrons. The van der Waals surface area contributed by atoms with Gasteiger partial charge in [0.2, 0.25) is 10.0 Å². The number of alkyl halides is 3. The van der Waals surface area contributed by atoms with Crippen molar-refractivity contribution in [3.8, 4) is 0 Å². The predicted molar refractivity (Wildman–Crippen MR) is 117 cm³/mol. The Balaban J connectivity index is 1.84. The van der Waals surface area contributed by atoms with Crippen LogP contribution in [0.1, 0.15) is 72.1 Å². The third kappa shape index (κ3) is 8.36. The highest BCUT2D eigenvalue weighted by Gasteiger charge is 2.56. The standard InChI is InChI=1S/C22H38F3NO6S/c1-20(2,3)32-19(27)21(9-15-31-16-10-21)33(28,29)26-12-7-18(8-13-26)6-4-5-14-30-17-11-22(23,24)25/h18H,4-17H2,1-3H3. The Morgan fingerprint density at radius 2 is 1.67 bits per heavy atom. The maximum absolute atomic E-state index is 13.6. The molecule has 7 nitrogen and oxygen atoms in total. The zero-order chi connectivity index (χ0) is 24.8. The number of unbranched alkanes of at least 4 members (excludes halogenated alkanes) is 1. The monoisotopic (exact) mass is 501 g/mol. The van der Waals surface area contributed by atoms with Crippen molar-refractivity contribution < 1.29 is 40.6 Å². The van der Waals surface area contributed by atoms with Crippen molar-refractivity contribution >= 4 is 16.0 Å². The highest BCUT2D eigenvalue weighted by molar-refractivity contribution is 7.91. The number of ether oxygens (including phenoxy) is 3. The van der Waals surface area contributed by atoms with Crippen LogP contribution < -0.4 is 0 Å². The van der Waals surface area contributed by atoms with Crippen molar-refractivity contribution in [1.29, 1.82) is 0 Å². The van der Waals surface area contributed by atoms with Crippen LogP contribution >= 0.6 is 0 Å². The van der Waals surface area contributed by atoms with Gasteiger partial charge in [0.05, 0.1) is 13.0 Å². The first-order chi connectivity index (χ1) is 15.3. The Bertz CT molecular complexity index is 721. The van der Waals surface area contributed by atoms with Crippen LogP contribution in [0.5, 0.6) is 0 Å². The molecule has 2 rings (SSSR count). The minimum absolute atomic E-state index is 0.0819. The molecule has 0 aromatic carbocycles. The third-order valence-corrected chi connectivity index (χ3v) is 8.77. The minimum Gasteiger partial charge on any atom is -0.459 e. The quantitative estimate of drug-likeness (QED) is 0.332. The fraction of sp³-hybridized carbons (Fsp3) is 0.955. The van der Waals surface area contributed by atoms with E-state index in [0.29, 0.717) is 44.9 Å². The van der Waals surface area contributed by atoms with Gasteiger partial charge in [-0.25, -0.2) is 12.7 Å². The lowest BCUT2D eigenvalue weighted by molar-refractivity contribution is -0.161. The van der Waals surface area contributed by atoms with Gasteiger partial charge in [0.1, 0.15) is 5.60 Å². The maximum Gasteiger partial charge on any atom is 0.391 e. The summed E-state index contributed by atoms with van der Waals surface area (Å²) in [6.07, 6.45) is -1.21. The molecule has 0 aromatic rings. The van der Waals surface area contributed by atoms with Gasteiger partial charge in [-0.1, -0.05) is 12.8 Å². The van der Waals surface area contributed by atoms with E-state index in [1.807, 2.05) is 0 Å². The van der Waals surface area contributed by atoms with Crippen LogP contribution in [0.2, 0.25) is 0 Å². The van der Waals surface area contributed by atoms with Crippen LogP contribution in [0.3, 0.4) is 0 Å². The molecule has 0 N–H and O–H groups in total. The summed E-state index contributed by atoms with van der Waals surface area (Å²) < 4.78 is 79.2. The molecule has 0 bridgehead atoms. The van der Waals surface area contributed by atoms with E-state index in [4.69, 9.17) is 14.2 Å². The zero-order valence-electron chi connectivity index (χ0n) is 19.9. The Morgan fingerprint density at radius 1 is 1.06 bits per heavy atom. The van der Waals surface area contributed by atoms with E-state index >= 15 is 0 Å². The number of carbonyl (C=O) groups excluding carboxylic acids is 1. The van der Waals surface area contributed by atoms with Gasteiger partial charge in [0.25, 0.3) is 0 Å². The zero-order valence-corrected chi connectivity index (χ0v) is 20.7. The number of piperidine rings is 1. The van der Waals surface area contributed by atoms with E-state index in [9.17, 15) is 26.4 Å². The van der Waals surface area contributed by atoms with Gasteiger partial charge in [0.15, 0.2) is 4.75 Å². The normalized spacial score (nSPS) is 21.2. The average molecular weight is 502 g/mol. The van der Waals surface area contributed by atoms with E-state index in [2.05, 4.69) is 0 Å². The molecule has 0 aliphatic carbocycles. The van der Waals surface area contributed by atoms with Crippen molar-refractivity contribution in [2.24, 2.45) is 5.92 Å². The molecule has 2 saturated heterocycles. The summed E-state index contributed by atoms with van der Waals surface area (Å²) in [5, 5.41) is 0. The molecule has 0 amide bonds. The molecule has 0 aromatic heterocycles. The van der Waals surface area contributed by atoms with E-state index < -0.39 is 38.9 Å². The number of esters is 1. The fourth-order valence-electron chi connectivity index (χ4n) is 4.25. The Labute approximate surface area is 195 Å². The summed E-state index contributed by atoms with van der Waals surface area (Å²) in [6, 6.07) is 0. The number of nitrogens with zero attached hydrogens (tertiary/aromatic N) is 1. The molecule has 0 atom stereocenters. The van der Waals surface area contributed by atoms with Gasteiger partial charge in [-0.3, -0.25) is 4.79 Å². The first kappa shape index (κ1) is 28.3. The Kier molecular flexibility index (Phi) is 10.0. The molecular weight excluding hydrogens is 463 g/mol. The summed E-state index contributed by atoms with van der Waals surface area (Å²) in [6.45, 7) is 6.22. The molecule has 2 aliphatic rings. The van der Waals surface area contributed by atoms with Gasteiger partial charge >= 0.3 is 12.1 Å². The molecule has 2 fully saturated rings. The molecule has 11 heteroatoms. The molecular formula is C22H38F3NO6S. The number of hydrogen-bond donors (Lipinski definition) is 0. The molecule has 194 valence electrons. The Hall–Kier alpha value is -0.910. The first-order valence-corrected chi connectivity index (χ1v) is 13.2. The molecule has 0 spiro atoms. The van der Waals surface area contributed by atoms with Crippen molar-refractivity contribution in [3.05, 3.63) is 0 Å².